The normalized spacial score (nSPS) is 23.3. The van der Waals surface area contributed by atoms with E-state index in [9.17, 15) is 26.3 Å². The molecule has 168 valence electrons. The molecule has 0 aliphatic heterocycles. The maximum atomic E-state index is 15.0. The molecule has 3 unspecified atom stereocenters. The van der Waals surface area contributed by atoms with Crippen LogP contribution in [0.2, 0.25) is 0 Å². The smallest absolute Gasteiger partial charge is 0.399 e. The highest BCUT2D eigenvalue weighted by molar-refractivity contribution is 5.67. The third-order valence-corrected chi connectivity index (χ3v) is 6.73. The Balaban J connectivity index is 1.64. The Morgan fingerprint density at radius 1 is 0.935 bits per heavy atom. The summed E-state index contributed by atoms with van der Waals surface area (Å²) in [5, 5.41) is 0. The van der Waals surface area contributed by atoms with Crippen LogP contribution in [-0.4, -0.2) is 6.36 Å². The number of fused-ring (bicyclic) bond motifs is 3. The Kier molecular flexibility index (Phi) is 5.97. The number of ether oxygens (including phenoxy) is 1. The van der Waals surface area contributed by atoms with Gasteiger partial charge in [-0.05, 0) is 90.8 Å². The van der Waals surface area contributed by atoms with Gasteiger partial charge in [0.15, 0.2) is 11.6 Å². The van der Waals surface area contributed by atoms with Crippen molar-refractivity contribution in [1.82, 2.24) is 0 Å². The van der Waals surface area contributed by atoms with Gasteiger partial charge in [-0.1, -0.05) is 19.8 Å². The van der Waals surface area contributed by atoms with E-state index in [1.807, 2.05) is 0 Å². The second kappa shape index (κ2) is 8.40. The molecular formula is C24H24F6O. The first kappa shape index (κ1) is 22.0. The molecule has 2 aromatic rings. The van der Waals surface area contributed by atoms with Gasteiger partial charge in [-0.25, -0.2) is 13.2 Å². The molecule has 3 atom stereocenters. The van der Waals surface area contributed by atoms with Crippen LogP contribution in [0.3, 0.4) is 0 Å². The van der Waals surface area contributed by atoms with Gasteiger partial charge in [0.2, 0.25) is 5.75 Å². The quantitative estimate of drug-likeness (QED) is 0.437. The van der Waals surface area contributed by atoms with E-state index < -0.39 is 29.6 Å². The predicted molar refractivity (Wildman–Crippen MR) is 105 cm³/mol. The van der Waals surface area contributed by atoms with Gasteiger partial charge < -0.3 is 4.74 Å². The fourth-order valence-electron chi connectivity index (χ4n) is 5.45. The zero-order valence-corrected chi connectivity index (χ0v) is 17.2. The third kappa shape index (κ3) is 4.55. The molecule has 0 spiro atoms. The second-order valence-electron chi connectivity index (χ2n) is 8.72. The predicted octanol–water partition coefficient (Wildman–Crippen LogP) is 7.92. The van der Waals surface area contributed by atoms with E-state index >= 15 is 0 Å². The van der Waals surface area contributed by atoms with Gasteiger partial charge in [-0.3, -0.25) is 0 Å². The molecule has 1 saturated carbocycles. The van der Waals surface area contributed by atoms with Gasteiger partial charge >= 0.3 is 6.36 Å². The van der Waals surface area contributed by atoms with Crippen LogP contribution in [0.5, 0.6) is 5.75 Å². The Labute approximate surface area is 177 Å². The second-order valence-corrected chi connectivity index (χ2v) is 8.72. The van der Waals surface area contributed by atoms with Gasteiger partial charge in [0.25, 0.3) is 0 Å². The summed E-state index contributed by atoms with van der Waals surface area (Å²) >= 11 is 0. The lowest BCUT2D eigenvalue weighted by molar-refractivity contribution is -0.276. The van der Waals surface area contributed by atoms with E-state index in [0.29, 0.717) is 18.1 Å². The van der Waals surface area contributed by atoms with Crippen molar-refractivity contribution >= 4 is 0 Å². The minimum atomic E-state index is -5.23. The summed E-state index contributed by atoms with van der Waals surface area (Å²) in [7, 11) is 0. The summed E-state index contributed by atoms with van der Waals surface area (Å²) in [6, 6.07) is 4.40. The van der Waals surface area contributed by atoms with Crippen LogP contribution < -0.4 is 4.74 Å². The van der Waals surface area contributed by atoms with E-state index in [-0.39, 0.29) is 17.0 Å². The van der Waals surface area contributed by atoms with Gasteiger partial charge in [0.1, 0.15) is 5.82 Å². The highest BCUT2D eigenvalue weighted by atomic mass is 19.4. The lowest BCUT2D eigenvalue weighted by Crippen LogP contribution is -2.28. The Morgan fingerprint density at radius 3 is 2.29 bits per heavy atom. The maximum Gasteiger partial charge on any atom is 0.573 e. The first-order chi connectivity index (χ1) is 14.7. The van der Waals surface area contributed by atoms with Gasteiger partial charge in [-0.15, -0.1) is 13.2 Å². The van der Waals surface area contributed by atoms with E-state index in [2.05, 4.69) is 11.7 Å². The van der Waals surface area contributed by atoms with Gasteiger partial charge in [-0.2, -0.15) is 0 Å². The molecule has 31 heavy (non-hydrogen) atoms. The van der Waals surface area contributed by atoms with Crippen LogP contribution in [0.1, 0.15) is 62.5 Å². The molecule has 0 saturated heterocycles. The third-order valence-electron chi connectivity index (χ3n) is 6.73. The number of halogens is 6. The molecule has 0 amide bonds. The van der Waals surface area contributed by atoms with Crippen molar-refractivity contribution in [2.24, 2.45) is 11.8 Å². The molecule has 1 nitrogen and oxygen atoms in total. The summed E-state index contributed by atoms with van der Waals surface area (Å²) in [6.07, 6.45) is 2.17. The topological polar surface area (TPSA) is 9.23 Å². The van der Waals surface area contributed by atoms with Crippen molar-refractivity contribution in [2.45, 2.75) is 64.1 Å². The molecule has 1 fully saturated rings. The molecule has 2 aliphatic rings. The van der Waals surface area contributed by atoms with E-state index in [0.717, 1.165) is 55.6 Å². The average molecular weight is 442 g/mol. The first-order valence-corrected chi connectivity index (χ1v) is 10.7. The average Bonchev–Trinajstić information content (AvgIpc) is 2.69. The fourth-order valence-corrected chi connectivity index (χ4v) is 5.45. The molecular weight excluding hydrogens is 418 g/mol. The molecule has 0 radical (unpaired) electrons. The SMILES string of the molecule is CCCC1CCC2c3cc(F)c(-c4cc(F)c(OC(F)(F)F)c(F)c4)cc3CCC2C1. The lowest BCUT2D eigenvalue weighted by atomic mass is 9.64. The van der Waals surface area contributed by atoms with Crippen molar-refractivity contribution in [3.63, 3.8) is 0 Å². The summed E-state index contributed by atoms with van der Waals surface area (Å²) in [6.45, 7) is 2.19. The molecule has 0 N–H and O–H groups in total. The zero-order valence-electron chi connectivity index (χ0n) is 17.2. The Morgan fingerprint density at radius 2 is 1.65 bits per heavy atom. The van der Waals surface area contributed by atoms with Crippen LogP contribution in [0.4, 0.5) is 26.3 Å². The monoisotopic (exact) mass is 442 g/mol. The minimum absolute atomic E-state index is 0.0202. The van der Waals surface area contributed by atoms with Crippen molar-refractivity contribution in [3.8, 4) is 16.9 Å². The summed E-state index contributed by atoms with van der Waals surface area (Å²) in [4.78, 5) is 0. The maximum absolute atomic E-state index is 15.0. The molecule has 0 bridgehead atoms. The summed E-state index contributed by atoms with van der Waals surface area (Å²) in [5.41, 5.74) is 1.74. The van der Waals surface area contributed by atoms with Crippen LogP contribution in [0.25, 0.3) is 11.1 Å². The summed E-state index contributed by atoms with van der Waals surface area (Å²) < 4.78 is 83.8. The minimum Gasteiger partial charge on any atom is -0.399 e. The van der Waals surface area contributed by atoms with E-state index in [1.54, 1.807) is 6.07 Å². The van der Waals surface area contributed by atoms with Gasteiger partial charge in [0, 0.05) is 5.56 Å². The number of alkyl halides is 3. The Hall–Kier alpha value is -2.18. The highest BCUT2D eigenvalue weighted by Crippen LogP contribution is 2.49. The zero-order chi connectivity index (χ0) is 22.3. The number of hydrogen-bond acceptors (Lipinski definition) is 1. The van der Waals surface area contributed by atoms with Crippen LogP contribution in [0.15, 0.2) is 24.3 Å². The molecule has 0 aromatic heterocycles. The van der Waals surface area contributed by atoms with Crippen LogP contribution >= 0.6 is 0 Å². The largest absolute Gasteiger partial charge is 0.573 e. The number of aryl methyl sites for hydroxylation is 1. The molecule has 2 aromatic carbocycles. The van der Waals surface area contributed by atoms with Crippen LogP contribution in [-0.2, 0) is 6.42 Å². The van der Waals surface area contributed by atoms with Gasteiger partial charge in [0.05, 0.1) is 0 Å². The highest BCUT2D eigenvalue weighted by Gasteiger charge is 2.36. The van der Waals surface area contributed by atoms with E-state index in [4.69, 9.17) is 0 Å². The number of rotatable bonds is 4. The number of hydrogen-bond donors (Lipinski definition) is 0. The van der Waals surface area contributed by atoms with Crippen molar-refractivity contribution in [1.29, 1.82) is 0 Å². The lowest BCUT2D eigenvalue weighted by Gasteiger charge is -2.41. The standard InChI is InChI=1S/C24H24F6O/c1-2-3-13-4-7-17-14(8-13)5-6-15-9-19(20(25)12-18(15)17)16-10-21(26)23(22(27)11-16)31-24(28,29)30/h9-14,17H,2-8H2,1H3. The van der Waals surface area contributed by atoms with Crippen molar-refractivity contribution in [3.05, 3.63) is 52.8 Å². The van der Waals surface area contributed by atoms with Crippen molar-refractivity contribution in [2.75, 3.05) is 0 Å². The molecule has 7 heteroatoms. The fraction of sp³-hybridized carbons (Fsp3) is 0.500. The molecule has 4 rings (SSSR count). The van der Waals surface area contributed by atoms with E-state index in [1.165, 1.54) is 12.5 Å². The molecule has 0 heterocycles. The Bertz CT molecular complexity index is 944. The van der Waals surface area contributed by atoms with Crippen molar-refractivity contribution < 1.29 is 31.1 Å². The first-order valence-electron chi connectivity index (χ1n) is 10.7. The van der Waals surface area contributed by atoms with Crippen LogP contribution in [0, 0.1) is 29.3 Å². The summed E-state index contributed by atoms with van der Waals surface area (Å²) in [5.74, 6) is -3.69. The number of benzene rings is 2. The molecule has 2 aliphatic carbocycles.